The van der Waals surface area contributed by atoms with Crippen molar-refractivity contribution in [2.45, 2.75) is 26.0 Å². The fourth-order valence-corrected chi connectivity index (χ4v) is 1.79. The maximum Gasteiger partial charge on any atom is 0.214 e. The molecule has 2 rings (SSSR count). The van der Waals surface area contributed by atoms with Crippen LogP contribution in [0.5, 0.6) is 0 Å². The van der Waals surface area contributed by atoms with Crippen LogP contribution in [0.4, 0.5) is 0 Å². The Kier molecular flexibility index (Phi) is 3.08. The molecule has 0 amide bonds. The van der Waals surface area contributed by atoms with Gasteiger partial charge in [-0.25, -0.2) is 0 Å². The summed E-state index contributed by atoms with van der Waals surface area (Å²) >= 11 is 1.59. The third kappa shape index (κ3) is 2.60. The summed E-state index contributed by atoms with van der Waals surface area (Å²) in [6.07, 6.45) is 0.307. The van der Waals surface area contributed by atoms with E-state index in [1.165, 1.54) is 4.80 Å². The zero-order chi connectivity index (χ0) is 10.7. The first-order chi connectivity index (χ1) is 7.25. The summed E-state index contributed by atoms with van der Waals surface area (Å²) in [7, 11) is 0. The van der Waals surface area contributed by atoms with Crippen molar-refractivity contribution in [1.29, 1.82) is 0 Å². The third-order valence-electron chi connectivity index (χ3n) is 1.94. The van der Waals surface area contributed by atoms with Crippen LogP contribution in [0.3, 0.4) is 0 Å². The normalized spacial score (nSPS) is 12.9. The van der Waals surface area contributed by atoms with Gasteiger partial charge in [0, 0.05) is 0 Å². The fraction of sp³-hybridized carbons (Fsp3) is 0.444. The maximum atomic E-state index is 9.12. The largest absolute Gasteiger partial charge is 0.393 e. The molecule has 1 N–H and O–H groups in total. The lowest BCUT2D eigenvalue weighted by atomic mass is 10.3. The number of aromatic nitrogens is 4. The number of aliphatic hydroxyl groups is 1. The topological polar surface area (TPSA) is 63.8 Å². The zero-order valence-electron chi connectivity index (χ0n) is 8.37. The Bertz CT molecular complexity index is 409. The van der Waals surface area contributed by atoms with Gasteiger partial charge in [-0.15, -0.1) is 21.5 Å². The molecule has 2 aromatic rings. The Labute approximate surface area is 91.4 Å². The van der Waals surface area contributed by atoms with E-state index in [0.29, 0.717) is 18.8 Å². The van der Waals surface area contributed by atoms with Gasteiger partial charge in [-0.05, 0) is 30.0 Å². The molecule has 1 unspecified atom stereocenters. The molecule has 0 saturated carbocycles. The number of aliphatic hydroxyl groups excluding tert-OH is 1. The Balaban J connectivity index is 2.04. The molecule has 0 aliphatic carbocycles. The minimum atomic E-state index is -0.332. The van der Waals surface area contributed by atoms with Gasteiger partial charge in [-0.2, -0.15) is 4.80 Å². The van der Waals surface area contributed by atoms with Crippen LogP contribution < -0.4 is 0 Å². The molecule has 0 bridgehead atoms. The molecular formula is C9H12N4OS. The van der Waals surface area contributed by atoms with E-state index < -0.39 is 0 Å². The zero-order valence-corrected chi connectivity index (χ0v) is 9.18. The smallest absolute Gasteiger partial charge is 0.214 e. The van der Waals surface area contributed by atoms with Gasteiger partial charge >= 0.3 is 0 Å². The average Bonchev–Trinajstić information content (AvgIpc) is 2.85. The van der Waals surface area contributed by atoms with Crippen molar-refractivity contribution in [3.8, 4) is 10.7 Å². The summed E-state index contributed by atoms with van der Waals surface area (Å²) < 4.78 is 0. The van der Waals surface area contributed by atoms with Crippen molar-refractivity contribution in [2.24, 2.45) is 0 Å². The van der Waals surface area contributed by atoms with Crippen LogP contribution in [-0.2, 0) is 6.54 Å². The minimum absolute atomic E-state index is 0.332. The minimum Gasteiger partial charge on any atom is -0.393 e. The first-order valence-corrected chi connectivity index (χ1v) is 5.63. The predicted molar refractivity (Wildman–Crippen MR) is 57.4 cm³/mol. The van der Waals surface area contributed by atoms with E-state index in [4.69, 9.17) is 5.11 Å². The van der Waals surface area contributed by atoms with Crippen molar-refractivity contribution in [2.75, 3.05) is 0 Å². The van der Waals surface area contributed by atoms with E-state index >= 15 is 0 Å². The second-order valence-electron chi connectivity index (χ2n) is 3.32. The molecule has 0 aromatic carbocycles. The second kappa shape index (κ2) is 4.50. The number of thiophene rings is 1. The second-order valence-corrected chi connectivity index (χ2v) is 4.27. The number of hydrogen-bond acceptors (Lipinski definition) is 5. The molecule has 1 atom stereocenters. The SMILES string of the molecule is CC(O)CCn1nnc(-c2cccs2)n1. The number of rotatable bonds is 4. The monoisotopic (exact) mass is 224 g/mol. The average molecular weight is 224 g/mol. The maximum absolute atomic E-state index is 9.12. The summed E-state index contributed by atoms with van der Waals surface area (Å²) in [6, 6.07) is 3.91. The Hall–Kier alpha value is -1.27. The van der Waals surface area contributed by atoms with Crippen LogP contribution in [-0.4, -0.2) is 31.4 Å². The molecule has 0 fully saturated rings. The highest BCUT2D eigenvalue weighted by Gasteiger charge is 2.06. The highest BCUT2D eigenvalue weighted by Crippen LogP contribution is 2.19. The summed E-state index contributed by atoms with van der Waals surface area (Å²) in [6.45, 7) is 2.34. The van der Waals surface area contributed by atoms with E-state index in [-0.39, 0.29) is 6.10 Å². The van der Waals surface area contributed by atoms with Gasteiger partial charge in [0.2, 0.25) is 5.82 Å². The first-order valence-electron chi connectivity index (χ1n) is 4.75. The molecule has 0 radical (unpaired) electrons. The molecule has 0 saturated heterocycles. The molecule has 0 aliphatic heterocycles. The van der Waals surface area contributed by atoms with E-state index in [1.807, 2.05) is 17.5 Å². The Morgan fingerprint density at radius 1 is 1.60 bits per heavy atom. The molecule has 0 spiro atoms. The van der Waals surface area contributed by atoms with Gasteiger partial charge in [0.25, 0.3) is 0 Å². The van der Waals surface area contributed by atoms with Crippen LogP contribution in [0.25, 0.3) is 10.7 Å². The molecule has 2 heterocycles. The van der Waals surface area contributed by atoms with Crippen molar-refractivity contribution in [3.63, 3.8) is 0 Å². The van der Waals surface area contributed by atoms with Crippen molar-refractivity contribution < 1.29 is 5.11 Å². The number of tetrazole rings is 1. The van der Waals surface area contributed by atoms with Crippen LogP contribution >= 0.6 is 11.3 Å². The standard InChI is InChI=1S/C9H12N4OS/c1-7(14)4-5-13-11-9(10-12-13)8-3-2-6-15-8/h2-3,6-7,14H,4-5H2,1H3. The lowest BCUT2D eigenvalue weighted by molar-refractivity contribution is 0.173. The Morgan fingerprint density at radius 2 is 2.47 bits per heavy atom. The van der Waals surface area contributed by atoms with Crippen LogP contribution in [0.2, 0.25) is 0 Å². The van der Waals surface area contributed by atoms with E-state index in [1.54, 1.807) is 18.3 Å². The highest BCUT2D eigenvalue weighted by atomic mass is 32.1. The number of aryl methyl sites for hydroxylation is 1. The van der Waals surface area contributed by atoms with Crippen LogP contribution in [0.1, 0.15) is 13.3 Å². The van der Waals surface area contributed by atoms with Gasteiger partial charge in [0.05, 0.1) is 17.5 Å². The van der Waals surface area contributed by atoms with Gasteiger partial charge in [-0.3, -0.25) is 0 Å². The molecule has 0 aliphatic rings. The van der Waals surface area contributed by atoms with Crippen molar-refractivity contribution >= 4 is 11.3 Å². The van der Waals surface area contributed by atoms with Crippen molar-refractivity contribution in [3.05, 3.63) is 17.5 Å². The van der Waals surface area contributed by atoms with Crippen LogP contribution in [0, 0.1) is 0 Å². The molecular weight excluding hydrogens is 212 g/mol. The molecule has 5 nitrogen and oxygen atoms in total. The van der Waals surface area contributed by atoms with Crippen LogP contribution in [0.15, 0.2) is 17.5 Å². The van der Waals surface area contributed by atoms with Crippen molar-refractivity contribution in [1.82, 2.24) is 20.2 Å². The number of hydrogen-bond donors (Lipinski definition) is 1. The Morgan fingerprint density at radius 3 is 3.13 bits per heavy atom. The van der Waals surface area contributed by atoms with Gasteiger partial charge < -0.3 is 5.11 Å². The van der Waals surface area contributed by atoms with E-state index in [2.05, 4.69) is 15.4 Å². The molecule has 6 heteroatoms. The van der Waals surface area contributed by atoms with E-state index in [9.17, 15) is 0 Å². The van der Waals surface area contributed by atoms with Gasteiger partial charge in [-0.1, -0.05) is 6.07 Å². The van der Waals surface area contributed by atoms with Gasteiger partial charge in [0.15, 0.2) is 0 Å². The molecule has 15 heavy (non-hydrogen) atoms. The lowest BCUT2D eigenvalue weighted by Crippen LogP contribution is -2.09. The molecule has 80 valence electrons. The highest BCUT2D eigenvalue weighted by molar-refractivity contribution is 7.13. The van der Waals surface area contributed by atoms with Gasteiger partial charge in [0.1, 0.15) is 0 Å². The predicted octanol–water partition coefficient (Wildman–Crippen LogP) is 1.17. The quantitative estimate of drug-likeness (QED) is 0.846. The summed E-state index contributed by atoms with van der Waals surface area (Å²) in [5.41, 5.74) is 0. The van der Waals surface area contributed by atoms with E-state index in [0.717, 1.165) is 4.88 Å². The summed E-state index contributed by atoms with van der Waals surface area (Å²) in [5, 5.41) is 23.2. The summed E-state index contributed by atoms with van der Waals surface area (Å²) in [4.78, 5) is 2.53. The third-order valence-corrected chi connectivity index (χ3v) is 2.81. The first kappa shape index (κ1) is 10.3. The lowest BCUT2D eigenvalue weighted by Gasteiger charge is -2.00. The fourth-order valence-electron chi connectivity index (χ4n) is 1.14. The molecule has 2 aromatic heterocycles. The number of nitrogens with zero attached hydrogens (tertiary/aromatic N) is 4. The summed E-state index contributed by atoms with van der Waals surface area (Å²) in [5.74, 6) is 0.649.